The lowest BCUT2D eigenvalue weighted by atomic mass is 10.1. The van der Waals surface area contributed by atoms with Crippen LogP contribution in [0.15, 0.2) is 135 Å². The van der Waals surface area contributed by atoms with Crippen molar-refractivity contribution in [2.45, 2.75) is 26.3 Å². The number of benzene rings is 2. The molecule has 0 aliphatic carbocycles. The highest BCUT2D eigenvalue weighted by Crippen LogP contribution is 2.34. The van der Waals surface area contributed by atoms with Crippen LogP contribution in [0.5, 0.6) is 0 Å². The molecular formula is C49H40F4N12O4S2. The molecule has 2 aromatic carbocycles. The molecule has 0 unspecified atom stereocenters. The van der Waals surface area contributed by atoms with Crippen LogP contribution in [0.2, 0.25) is 0 Å². The molecule has 2 N–H and O–H groups in total. The fourth-order valence-corrected chi connectivity index (χ4v) is 10.3. The van der Waals surface area contributed by atoms with Crippen LogP contribution in [0.4, 0.5) is 29.2 Å². The Morgan fingerprint density at radius 3 is 1.55 bits per heavy atom. The molecule has 0 amide bonds. The van der Waals surface area contributed by atoms with Crippen molar-refractivity contribution < 1.29 is 34.4 Å². The van der Waals surface area contributed by atoms with Gasteiger partial charge in [-0.15, -0.1) is 0 Å². The molecule has 22 heteroatoms. The van der Waals surface area contributed by atoms with Crippen molar-refractivity contribution in [3.05, 3.63) is 158 Å². The summed E-state index contributed by atoms with van der Waals surface area (Å²) in [6.07, 6.45) is 14.3. The molecule has 0 bridgehead atoms. The van der Waals surface area contributed by atoms with Gasteiger partial charge in [0.2, 0.25) is 20.0 Å². The Hall–Kier alpha value is -8.24. The van der Waals surface area contributed by atoms with Crippen LogP contribution in [0.3, 0.4) is 0 Å². The van der Waals surface area contributed by atoms with E-state index in [0.29, 0.717) is 45.8 Å². The van der Waals surface area contributed by atoms with Gasteiger partial charge in [-0.1, -0.05) is 6.92 Å². The van der Waals surface area contributed by atoms with Crippen LogP contribution in [0, 0.1) is 23.3 Å². The number of aryl methyl sites for hydroxylation is 2. The second kappa shape index (κ2) is 18.6. The number of aromatic nitrogens is 10. The molecule has 0 atom stereocenters. The minimum Gasteiger partial charge on any atom is -0.300 e. The molecule has 0 spiro atoms. The summed E-state index contributed by atoms with van der Waals surface area (Å²) in [5.74, 6) is -3.90. The number of anilines is 2. The lowest BCUT2D eigenvalue weighted by Crippen LogP contribution is -2.19. The Morgan fingerprint density at radius 2 is 1.06 bits per heavy atom. The van der Waals surface area contributed by atoms with Gasteiger partial charge in [0, 0.05) is 83.9 Å². The first-order valence-electron chi connectivity index (χ1n) is 22.0. The second-order valence-corrected chi connectivity index (χ2v) is 20.3. The Bertz CT molecular complexity index is 3910. The van der Waals surface area contributed by atoms with E-state index in [1.807, 2.05) is 43.7 Å². The highest BCUT2D eigenvalue weighted by molar-refractivity contribution is 7.92. The van der Waals surface area contributed by atoms with Crippen molar-refractivity contribution in [2.24, 2.45) is 7.05 Å². The van der Waals surface area contributed by atoms with E-state index >= 15 is 4.39 Å². The predicted molar refractivity (Wildman–Crippen MR) is 261 cm³/mol. The smallest absolute Gasteiger partial charge is 0.233 e. The summed E-state index contributed by atoms with van der Waals surface area (Å²) in [6, 6.07) is 19.7. The molecule has 10 rings (SSSR count). The summed E-state index contributed by atoms with van der Waals surface area (Å²) in [4.78, 5) is 17.9. The molecule has 0 fully saturated rings. The van der Waals surface area contributed by atoms with E-state index in [2.05, 4.69) is 39.6 Å². The average molecular weight is 1000 g/mol. The van der Waals surface area contributed by atoms with Gasteiger partial charge in [0.15, 0.2) is 0 Å². The molecule has 0 radical (unpaired) electrons. The number of pyridine rings is 4. The van der Waals surface area contributed by atoms with Crippen LogP contribution in [0.1, 0.15) is 19.8 Å². The monoisotopic (exact) mass is 1000 g/mol. The Balaban J connectivity index is 0.860. The normalized spacial score (nSPS) is 12.0. The zero-order chi connectivity index (χ0) is 49.6. The number of sulfonamides is 2. The largest absolute Gasteiger partial charge is 0.300 e. The van der Waals surface area contributed by atoms with Crippen LogP contribution in [0.25, 0.3) is 78.6 Å². The SMILES string of the molecule is CCCS(=O)(=O)Nc1cc(-c2cnc3cc(-c4cnn(CCCS(=O)(=O)Nc5cc(-c6cnc7cc(-c8cnn(C)c8)ccn67)cc(-c6ccc(F)cc6F)n5)c4)ccn23)cc(-c2ccc(F)cc2F)n1. The van der Waals surface area contributed by atoms with Gasteiger partial charge in [-0.3, -0.25) is 27.6 Å². The Morgan fingerprint density at radius 1 is 0.549 bits per heavy atom. The number of fused-ring (bicyclic) bond motifs is 2. The van der Waals surface area contributed by atoms with Crippen LogP contribution in [-0.2, 0) is 33.6 Å². The van der Waals surface area contributed by atoms with Gasteiger partial charge in [-0.25, -0.2) is 54.3 Å². The zero-order valence-corrected chi connectivity index (χ0v) is 39.3. The first kappa shape index (κ1) is 46.5. The lowest BCUT2D eigenvalue weighted by molar-refractivity contribution is 0.576. The Kier molecular flexibility index (Phi) is 12.2. The molecule has 10 aromatic rings. The minimum absolute atomic E-state index is 0.0275. The second-order valence-electron chi connectivity index (χ2n) is 16.7. The van der Waals surface area contributed by atoms with Crippen LogP contribution < -0.4 is 9.44 Å². The van der Waals surface area contributed by atoms with E-state index < -0.39 is 43.3 Å². The summed E-state index contributed by atoms with van der Waals surface area (Å²) in [5, 5.41) is 8.69. The standard InChI is InChI=1S/C49H40F4N12O4S2/c1-3-14-70(66,67)60-46-18-32(16-42(58-46)38-7-5-36(50)22-40(38)52)44-27-55-49-21-31(10-13-65(44)49)35-25-57-63(29-35)11-4-15-71(68,69)61-47-19-33(17-43(59-47)39-8-6-37(51)23-41(39)53)45-26-54-48-20-30(9-12-64(45)48)34-24-56-62(2)28-34/h5-10,12-13,16-29H,3-4,11,14-15H2,1-2H3,(H,58,60)(H,59,61). The van der Waals surface area contributed by atoms with Gasteiger partial charge in [-0.05, 0) is 96.8 Å². The van der Waals surface area contributed by atoms with Gasteiger partial charge in [0.25, 0.3) is 0 Å². The highest BCUT2D eigenvalue weighted by Gasteiger charge is 2.20. The minimum atomic E-state index is -4.03. The van der Waals surface area contributed by atoms with Crippen molar-refractivity contribution in [1.82, 2.24) is 48.3 Å². The lowest BCUT2D eigenvalue weighted by Gasteiger charge is -2.12. The van der Waals surface area contributed by atoms with E-state index in [4.69, 9.17) is 0 Å². The number of halogens is 4. The van der Waals surface area contributed by atoms with Gasteiger partial charge in [-0.2, -0.15) is 10.2 Å². The van der Waals surface area contributed by atoms with Gasteiger partial charge in [0.1, 0.15) is 46.2 Å². The quantitative estimate of drug-likeness (QED) is 0.0884. The van der Waals surface area contributed by atoms with Crippen molar-refractivity contribution in [3.8, 4) is 67.3 Å². The number of nitrogens with zero attached hydrogens (tertiary/aromatic N) is 10. The molecule has 0 saturated heterocycles. The molecule has 0 saturated carbocycles. The summed E-state index contributed by atoms with van der Waals surface area (Å²) in [7, 11) is -5.99. The maximum atomic E-state index is 15.2. The van der Waals surface area contributed by atoms with Gasteiger partial charge < -0.3 is 0 Å². The fraction of sp³-hybridized carbons (Fsp3) is 0.143. The van der Waals surface area contributed by atoms with Crippen LogP contribution in [-0.4, -0.2) is 76.6 Å². The molecule has 360 valence electrons. The number of hydrogen-bond donors (Lipinski definition) is 2. The number of rotatable bonds is 16. The Labute approximate surface area is 403 Å². The van der Waals surface area contributed by atoms with E-state index in [1.165, 1.54) is 24.3 Å². The van der Waals surface area contributed by atoms with Crippen LogP contribution >= 0.6 is 0 Å². The zero-order valence-electron chi connectivity index (χ0n) is 37.7. The number of hydrogen-bond acceptors (Lipinski definition) is 10. The van der Waals surface area contributed by atoms with E-state index in [9.17, 15) is 30.0 Å². The molecular weight excluding hydrogens is 961 g/mol. The first-order valence-corrected chi connectivity index (χ1v) is 25.3. The molecule has 71 heavy (non-hydrogen) atoms. The highest BCUT2D eigenvalue weighted by atomic mass is 32.2. The van der Waals surface area contributed by atoms with Gasteiger partial charge >= 0.3 is 0 Å². The molecule has 0 aliphatic heterocycles. The van der Waals surface area contributed by atoms with E-state index in [0.717, 1.165) is 41.0 Å². The van der Waals surface area contributed by atoms with E-state index in [-0.39, 0.29) is 58.6 Å². The van der Waals surface area contributed by atoms with Crippen molar-refractivity contribution in [2.75, 3.05) is 20.9 Å². The first-order chi connectivity index (χ1) is 34.1. The fourth-order valence-electron chi connectivity index (χ4n) is 8.19. The van der Waals surface area contributed by atoms with E-state index in [1.54, 1.807) is 74.4 Å². The third-order valence-corrected chi connectivity index (χ3v) is 14.3. The number of nitrogens with one attached hydrogen (secondary N) is 2. The third-order valence-electron chi connectivity index (χ3n) is 11.5. The number of imidazole rings is 2. The topological polar surface area (TPSA) is 188 Å². The maximum absolute atomic E-state index is 15.2. The summed E-state index contributed by atoms with van der Waals surface area (Å²) in [6.45, 7) is 1.94. The van der Waals surface area contributed by atoms with Crippen molar-refractivity contribution >= 4 is 43.0 Å². The summed E-state index contributed by atoms with van der Waals surface area (Å²) in [5.41, 5.74) is 6.46. The average Bonchev–Trinajstić information content (AvgIpc) is 4.15. The molecule has 8 aromatic heterocycles. The summed E-state index contributed by atoms with van der Waals surface area (Å²) >= 11 is 0. The molecule has 16 nitrogen and oxygen atoms in total. The summed E-state index contributed by atoms with van der Waals surface area (Å²) < 4.78 is 123. The third kappa shape index (κ3) is 9.97. The predicted octanol–water partition coefficient (Wildman–Crippen LogP) is 9.24. The molecule has 8 heterocycles. The van der Waals surface area contributed by atoms with Crippen molar-refractivity contribution in [1.29, 1.82) is 0 Å². The molecule has 0 aliphatic rings. The van der Waals surface area contributed by atoms with Crippen molar-refractivity contribution in [3.63, 3.8) is 0 Å². The maximum Gasteiger partial charge on any atom is 0.233 e. The van der Waals surface area contributed by atoms with Gasteiger partial charge in [0.05, 0.1) is 59.1 Å².